The fraction of sp³-hybridized carbons (Fsp3) is 0.313. The number of aliphatic carboxylic acids is 1. The van der Waals surface area contributed by atoms with Crippen molar-refractivity contribution in [2.75, 3.05) is 14.2 Å². The number of nitrogens with one attached hydrogen (secondary N) is 1. The maximum absolute atomic E-state index is 14.2. The lowest BCUT2D eigenvalue weighted by Crippen LogP contribution is -2.41. The molecule has 7 aromatic carbocycles. The summed E-state index contributed by atoms with van der Waals surface area (Å²) in [4.78, 5) is 49.8. The third-order valence-electron chi connectivity index (χ3n) is 20.4. The molecule has 3 N–H and O–H groups in total. The molecule has 4 atom stereocenters. The van der Waals surface area contributed by atoms with Gasteiger partial charge in [0.25, 0.3) is 5.91 Å². The van der Waals surface area contributed by atoms with Crippen molar-refractivity contribution < 1.29 is 56.5 Å². The van der Waals surface area contributed by atoms with E-state index < -0.39 is 33.5 Å². The summed E-state index contributed by atoms with van der Waals surface area (Å²) in [5.41, 5.74) is 12.3. The van der Waals surface area contributed by atoms with Gasteiger partial charge in [-0.3, -0.25) is 38.4 Å². The second-order valence-electron chi connectivity index (χ2n) is 25.9. The van der Waals surface area contributed by atoms with Gasteiger partial charge < -0.3 is 14.6 Å². The number of rotatable bonds is 11. The Labute approximate surface area is 647 Å². The first-order chi connectivity index (χ1) is 46.8. The number of nitrogens with zero attached hydrogens (tertiary/aromatic N) is 6. The smallest absolute Gasteiger partial charge is 0.320 e. The molecule has 0 radical (unpaired) electrons. The minimum absolute atomic E-state index is 0. The lowest BCUT2D eigenvalue weighted by molar-refractivity contribution is -0.146. The molecule has 568 valence electrons. The van der Waals surface area contributed by atoms with E-state index in [-0.39, 0.29) is 119 Å². The number of methoxy groups -OCH3 is 2. The van der Waals surface area contributed by atoms with Gasteiger partial charge in [-0.15, -0.1) is 0 Å². The molecule has 0 spiro atoms. The monoisotopic (exact) mass is 1530 g/mol. The molecule has 4 aliphatic carbocycles. The molecule has 106 heavy (non-hydrogen) atoms. The van der Waals surface area contributed by atoms with E-state index in [2.05, 4.69) is 21.4 Å². The first kappa shape index (κ1) is 91.1. The van der Waals surface area contributed by atoms with Gasteiger partial charge in [-0.05, 0) is 206 Å². The average Bonchev–Trinajstić information content (AvgIpc) is 1.59. The van der Waals surface area contributed by atoms with E-state index in [9.17, 15) is 47.1 Å². The number of carbonyl (C=O) groups excluding carboxylic acids is 3. The number of hydrogen-bond acceptors (Lipinski definition) is 10. The van der Waals surface area contributed by atoms with E-state index in [0.29, 0.717) is 89.5 Å². The van der Waals surface area contributed by atoms with E-state index in [0.717, 1.165) is 78.1 Å². The van der Waals surface area contributed by atoms with Crippen LogP contribution in [0, 0.1) is 51.0 Å². The molecule has 23 heteroatoms. The first-order valence-electron chi connectivity index (χ1n) is 32.3. The zero-order valence-corrected chi connectivity index (χ0v) is 62.4. The van der Waals surface area contributed by atoms with Crippen LogP contribution in [-0.2, 0) is 71.5 Å². The number of carboxylic acid groups (broad SMARTS) is 1. The van der Waals surface area contributed by atoms with Gasteiger partial charge in [0.15, 0.2) is 0 Å². The summed E-state index contributed by atoms with van der Waals surface area (Å²) in [6.07, 6.45) is 17.9. The Morgan fingerprint density at radius 3 is 1.02 bits per heavy atom. The van der Waals surface area contributed by atoms with Gasteiger partial charge in [-0.1, -0.05) is 145 Å². The lowest BCUT2D eigenvalue weighted by Gasteiger charge is -2.27. The summed E-state index contributed by atoms with van der Waals surface area (Å²) < 4.78 is 71.6. The predicted molar refractivity (Wildman–Crippen MR) is 438 cm³/mol. The number of carbonyl (C=O) groups is 4. The van der Waals surface area contributed by atoms with E-state index in [1.54, 1.807) is 91.2 Å². The fourth-order valence-electron chi connectivity index (χ4n) is 14.8. The van der Waals surface area contributed by atoms with Gasteiger partial charge in [-0.25, -0.2) is 23.0 Å². The molecule has 15 nitrogen and oxygen atoms in total. The summed E-state index contributed by atoms with van der Waals surface area (Å²) in [7, 11) is 8.43. The molecule has 1 amide bonds. The van der Waals surface area contributed by atoms with Gasteiger partial charge in [0, 0.05) is 37.3 Å². The van der Waals surface area contributed by atoms with Crippen LogP contribution in [0.4, 0.5) is 17.6 Å². The number of allylic oxidation sites excluding steroid dienone is 4. The van der Waals surface area contributed by atoms with Gasteiger partial charge in [0.1, 0.15) is 39.5 Å². The molecule has 0 unspecified atom stereocenters. The van der Waals surface area contributed by atoms with Crippen LogP contribution in [0.2, 0.25) is 0 Å². The summed E-state index contributed by atoms with van der Waals surface area (Å²) in [6, 6.07) is 37.3. The zero-order chi connectivity index (χ0) is 70.2. The van der Waals surface area contributed by atoms with Crippen molar-refractivity contribution in [2.45, 2.75) is 137 Å². The van der Waals surface area contributed by atoms with Crippen LogP contribution in [0.15, 0.2) is 176 Å². The number of ether oxygens (including phenoxy) is 2. The van der Waals surface area contributed by atoms with Crippen molar-refractivity contribution in [1.82, 2.24) is 34.8 Å². The number of aromatic nitrogens is 6. The zero-order valence-electron chi connectivity index (χ0n) is 58.4. The van der Waals surface area contributed by atoms with Gasteiger partial charge in [0.05, 0.1) is 54.8 Å². The van der Waals surface area contributed by atoms with Gasteiger partial charge >= 0.3 is 17.9 Å². The van der Waals surface area contributed by atoms with Crippen molar-refractivity contribution in [2.24, 2.45) is 21.1 Å². The van der Waals surface area contributed by atoms with Crippen molar-refractivity contribution in [3.8, 4) is 0 Å². The van der Waals surface area contributed by atoms with Gasteiger partial charge in [0.2, 0.25) is 0 Å². The molecular weight excluding hydrogens is 1430 g/mol. The number of esters is 2. The highest BCUT2D eigenvalue weighted by Crippen LogP contribution is 2.49. The number of hydrogen-bond donors (Lipinski definition) is 3. The Balaban J connectivity index is 0.000000361. The van der Waals surface area contributed by atoms with Crippen LogP contribution < -0.4 is 5.48 Å². The number of aryl methyl sites for hydroxylation is 3. The second-order valence-corrected chi connectivity index (χ2v) is 25.9. The van der Waals surface area contributed by atoms with Crippen molar-refractivity contribution in [3.63, 3.8) is 0 Å². The standard InChI is InChI=1S/C22H21FN2O2.C21H20FN3O2.C21H19FN2O2.C15H17FO2.4CH4.4H2S/c1-14-18(5-4-6-19(14)23)22(21(26)27-3)10-9-16(12-22)15-7-8-17-13-24-25(2)20(17)11-15;1-13-17(4-3-5-18(13)22)21(20(26)24-27)9-8-15(11-21)14-6-7-16-12-23-25(2)19(16)10-14;1-13-17(4-3-5-18(13)22)21(20(25)26)9-8-15(11-21)14-6-7-16-12-23-24(2)19(16)10-14;1-10-7-8-15(9-10,14(17)18-3)12-5-4-6-13(16)11(12)2;;;;;;;;/h4-8,11-13H,9-10H2,1-3H3;3-7,10-12,27H,8-9H2,1-2H3,(H,24,26);3-7,10-12H,8-9H2,1-2H3,(H,25,26);4-6,9H,7-8H2,1-3H3;4*1H4;4*1H2/t22-;2*21-;15-;;;;;;;;/m0000......../s1. The van der Waals surface area contributed by atoms with Crippen LogP contribution >= 0.6 is 54.0 Å². The van der Waals surface area contributed by atoms with Crippen LogP contribution in [0.1, 0.15) is 149 Å². The summed E-state index contributed by atoms with van der Waals surface area (Å²) >= 11 is 0. The van der Waals surface area contributed by atoms with Crippen LogP contribution in [-0.4, -0.2) is 77.7 Å². The van der Waals surface area contributed by atoms with Crippen LogP contribution in [0.25, 0.3) is 49.4 Å². The molecule has 3 aromatic heterocycles. The normalized spacial score (nSPS) is 18.6. The molecule has 0 saturated carbocycles. The average molecular weight is 1530 g/mol. The number of fused-ring (bicyclic) bond motifs is 3. The third kappa shape index (κ3) is 16.8. The van der Waals surface area contributed by atoms with Crippen molar-refractivity contribution in [1.29, 1.82) is 0 Å². The predicted octanol–water partition coefficient (Wildman–Crippen LogP) is 18.5. The molecule has 4 aliphatic rings. The number of carboxylic acids is 1. The van der Waals surface area contributed by atoms with Crippen LogP contribution in [0.3, 0.4) is 0 Å². The first-order valence-corrected chi connectivity index (χ1v) is 32.3. The molecule has 10 aromatic rings. The Morgan fingerprint density at radius 1 is 0.425 bits per heavy atom. The van der Waals surface area contributed by atoms with Crippen LogP contribution in [0.5, 0.6) is 0 Å². The minimum Gasteiger partial charge on any atom is -0.480 e. The Morgan fingerprint density at radius 2 is 0.708 bits per heavy atom. The maximum atomic E-state index is 14.2. The second kappa shape index (κ2) is 36.9. The van der Waals surface area contributed by atoms with E-state index in [4.69, 9.17) is 9.47 Å². The molecular formula is C83H101F4N7O8S4. The molecule has 14 rings (SSSR count). The van der Waals surface area contributed by atoms with Crippen molar-refractivity contribution >= 4 is 127 Å². The number of halogens is 4. The molecule has 0 aliphatic heterocycles. The molecule has 0 bridgehead atoms. The SMILES string of the molecule is C.C.C.C.COC(=O)[C@]1(c2cccc(F)c2C)C=C(C)CC1.COC(=O)[C@]1(c2cccc(F)c2C)C=C(c2ccc3cnn(C)c3c2)CC1.Cc1c(F)cccc1[C@@]1(C(=O)NO)C=C(c2ccc3cnn(C)c3c2)CC1.Cc1c(F)cccc1[C@@]1(C(=O)O)C=C(c2ccc3cnn(C)c3c2)CC1.S.S.S.S. The Kier molecular flexibility index (Phi) is 31.7. The Hall–Kier alpha value is -9.13. The molecule has 0 fully saturated rings. The summed E-state index contributed by atoms with van der Waals surface area (Å²) in [5, 5.41) is 35.3. The minimum atomic E-state index is -1.19. The topological polar surface area (TPSA) is 193 Å². The molecule has 3 heterocycles. The summed E-state index contributed by atoms with van der Waals surface area (Å²) in [6.45, 7) is 8.70. The fourth-order valence-corrected chi connectivity index (χ4v) is 14.8. The third-order valence-corrected chi connectivity index (χ3v) is 20.4. The number of amides is 1. The van der Waals surface area contributed by atoms with E-state index in [1.807, 2.05) is 124 Å². The van der Waals surface area contributed by atoms with Crippen molar-refractivity contribution in [3.05, 3.63) is 260 Å². The largest absolute Gasteiger partial charge is 0.480 e. The van der Waals surface area contributed by atoms with E-state index in [1.165, 1.54) is 38.5 Å². The summed E-state index contributed by atoms with van der Waals surface area (Å²) in [5.74, 6) is -3.49. The highest BCUT2D eigenvalue weighted by molar-refractivity contribution is 7.59. The maximum Gasteiger partial charge on any atom is 0.320 e. The highest BCUT2D eigenvalue weighted by atomic mass is 32.1. The number of benzene rings is 7. The quantitative estimate of drug-likeness (QED) is 0.0367. The van der Waals surface area contributed by atoms with Gasteiger partial charge in [-0.2, -0.15) is 69.3 Å². The van der Waals surface area contributed by atoms with E-state index >= 15 is 0 Å². The number of hydroxylamine groups is 1. The molecule has 0 saturated heterocycles. The lowest BCUT2D eigenvalue weighted by atomic mass is 9.77. The Bertz CT molecular complexity index is 4820. The highest BCUT2D eigenvalue weighted by Gasteiger charge is 2.47.